The predicted octanol–water partition coefficient (Wildman–Crippen LogP) is 3.25. The van der Waals surface area contributed by atoms with Crippen molar-refractivity contribution in [1.82, 2.24) is 5.32 Å². The molecule has 1 unspecified atom stereocenters. The lowest BCUT2D eigenvalue weighted by atomic mass is 10.1. The molecule has 1 aliphatic rings. The number of carbonyl (C=O) groups excluding carboxylic acids is 1. The molecule has 2 aromatic rings. The first-order valence-electron chi connectivity index (χ1n) is 7.74. The number of nitro groups is 1. The summed E-state index contributed by atoms with van der Waals surface area (Å²) in [6.07, 6.45) is 0. The van der Waals surface area contributed by atoms with Crippen molar-refractivity contribution in [3.63, 3.8) is 0 Å². The summed E-state index contributed by atoms with van der Waals surface area (Å²) in [4.78, 5) is 22.4. The highest BCUT2D eigenvalue weighted by atomic mass is 16.6. The number of non-ortho nitro benzene ring substituents is 1. The molecular formula is C17H17N3O5. The maximum Gasteiger partial charge on any atom is 0.319 e. The van der Waals surface area contributed by atoms with Gasteiger partial charge in [0.2, 0.25) is 0 Å². The summed E-state index contributed by atoms with van der Waals surface area (Å²) in [5, 5.41) is 16.1. The van der Waals surface area contributed by atoms with Crippen LogP contribution >= 0.6 is 0 Å². The predicted molar refractivity (Wildman–Crippen MR) is 91.1 cm³/mol. The van der Waals surface area contributed by atoms with Crippen LogP contribution in [0.5, 0.6) is 11.5 Å². The highest BCUT2D eigenvalue weighted by Crippen LogP contribution is 2.32. The topological polar surface area (TPSA) is 103 Å². The van der Waals surface area contributed by atoms with Crippen molar-refractivity contribution in [2.75, 3.05) is 18.5 Å². The first-order valence-corrected chi connectivity index (χ1v) is 7.74. The Morgan fingerprint density at radius 3 is 2.68 bits per heavy atom. The van der Waals surface area contributed by atoms with Crippen LogP contribution in [0.25, 0.3) is 0 Å². The lowest BCUT2D eigenvalue weighted by Gasteiger charge is -2.21. The minimum absolute atomic E-state index is 0.0855. The smallest absolute Gasteiger partial charge is 0.319 e. The molecule has 130 valence electrons. The van der Waals surface area contributed by atoms with Gasteiger partial charge in [-0.05, 0) is 30.7 Å². The molecule has 1 aliphatic heterocycles. The largest absolute Gasteiger partial charge is 0.486 e. The Morgan fingerprint density at radius 2 is 1.92 bits per heavy atom. The van der Waals surface area contributed by atoms with Crippen LogP contribution in [0.15, 0.2) is 42.5 Å². The fourth-order valence-electron chi connectivity index (χ4n) is 2.47. The number of amides is 2. The lowest BCUT2D eigenvalue weighted by Crippen LogP contribution is -2.31. The minimum Gasteiger partial charge on any atom is -0.486 e. The quantitative estimate of drug-likeness (QED) is 0.655. The van der Waals surface area contributed by atoms with E-state index in [0.29, 0.717) is 30.4 Å². The number of rotatable bonds is 4. The Bertz CT molecular complexity index is 809. The molecule has 2 N–H and O–H groups in total. The Labute approximate surface area is 143 Å². The van der Waals surface area contributed by atoms with Gasteiger partial charge in [0.25, 0.3) is 5.69 Å². The van der Waals surface area contributed by atoms with E-state index < -0.39 is 11.0 Å². The summed E-state index contributed by atoms with van der Waals surface area (Å²) in [7, 11) is 0. The van der Waals surface area contributed by atoms with Gasteiger partial charge in [-0.25, -0.2) is 4.79 Å². The highest BCUT2D eigenvalue weighted by Gasteiger charge is 2.16. The van der Waals surface area contributed by atoms with Crippen LogP contribution < -0.4 is 20.1 Å². The highest BCUT2D eigenvalue weighted by molar-refractivity contribution is 5.89. The van der Waals surface area contributed by atoms with Crippen LogP contribution in [0, 0.1) is 10.1 Å². The second kappa shape index (κ2) is 7.08. The summed E-state index contributed by atoms with van der Waals surface area (Å²) in [5.74, 6) is 1.33. The standard InChI is InChI=1S/C17H17N3O5/c1-11(12-5-6-15-16(9-12)25-8-7-24-15)18-17(21)19-13-3-2-4-14(10-13)20(22)23/h2-6,9-11H,7-8H2,1H3,(H2,18,19,21). The number of fused-ring (bicyclic) bond motifs is 1. The van der Waals surface area contributed by atoms with E-state index in [-0.39, 0.29) is 11.7 Å². The van der Waals surface area contributed by atoms with E-state index in [2.05, 4.69) is 10.6 Å². The minimum atomic E-state index is -0.513. The summed E-state index contributed by atoms with van der Waals surface area (Å²) in [6.45, 7) is 2.84. The average molecular weight is 343 g/mol. The lowest BCUT2D eigenvalue weighted by molar-refractivity contribution is -0.384. The van der Waals surface area contributed by atoms with Gasteiger partial charge >= 0.3 is 6.03 Å². The number of nitrogens with zero attached hydrogens (tertiary/aromatic N) is 1. The zero-order valence-electron chi connectivity index (χ0n) is 13.5. The third-order valence-electron chi connectivity index (χ3n) is 3.73. The maximum atomic E-state index is 12.1. The molecule has 1 heterocycles. The van der Waals surface area contributed by atoms with Gasteiger partial charge in [0.1, 0.15) is 13.2 Å². The zero-order valence-corrected chi connectivity index (χ0v) is 13.5. The summed E-state index contributed by atoms with van der Waals surface area (Å²) in [6, 6.07) is 10.5. The first kappa shape index (κ1) is 16.6. The fourth-order valence-corrected chi connectivity index (χ4v) is 2.47. The van der Waals surface area contributed by atoms with Gasteiger partial charge < -0.3 is 20.1 Å². The summed E-state index contributed by atoms with van der Waals surface area (Å²) in [5.41, 5.74) is 1.12. The number of anilines is 1. The molecule has 1 atom stereocenters. The van der Waals surface area contributed by atoms with Crippen molar-refractivity contribution in [2.45, 2.75) is 13.0 Å². The molecule has 25 heavy (non-hydrogen) atoms. The van der Waals surface area contributed by atoms with E-state index in [1.54, 1.807) is 12.1 Å². The molecular weight excluding hydrogens is 326 g/mol. The average Bonchev–Trinajstić information content (AvgIpc) is 2.61. The van der Waals surface area contributed by atoms with Crippen LogP contribution in [-0.2, 0) is 0 Å². The number of benzene rings is 2. The van der Waals surface area contributed by atoms with E-state index in [0.717, 1.165) is 5.56 Å². The van der Waals surface area contributed by atoms with Crippen molar-refractivity contribution < 1.29 is 19.2 Å². The molecule has 0 aromatic heterocycles. The van der Waals surface area contributed by atoms with Crippen molar-refractivity contribution in [3.8, 4) is 11.5 Å². The van der Waals surface area contributed by atoms with E-state index in [1.807, 2.05) is 19.1 Å². The monoisotopic (exact) mass is 343 g/mol. The van der Waals surface area contributed by atoms with Gasteiger partial charge in [0.05, 0.1) is 11.0 Å². The van der Waals surface area contributed by atoms with Crippen molar-refractivity contribution in [1.29, 1.82) is 0 Å². The van der Waals surface area contributed by atoms with E-state index >= 15 is 0 Å². The van der Waals surface area contributed by atoms with Gasteiger partial charge in [-0.2, -0.15) is 0 Å². The second-order valence-corrected chi connectivity index (χ2v) is 5.53. The maximum absolute atomic E-state index is 12.1. The molecule has 0 saturated heterocycles. The number of carbonyl (C=O) groups is 1. The van der Waals surface area contributed by atoms with Crippen molar-refractivity contribution in [2.24, 2.45) is 0 Å². The Balaban J connectivity index is 1.64. The van der Waals surface area contributed by atoms with Gasteiger partial charge in [-0.3, -0.25) is 10.1 Å². The number of hydrogen-bond donors (Lipinski definition) is 2. The Hall–Kier alpha value is -3.29. The number of ether oxygens (including phenoxy) is 2. The van der Waals surface area contributed by atoms with Crippen molar-refractivity contribution in [3.05, 3.63) is 58.1 Å². The van der Waals surface area contributed by atoms with Gasteiger partial charge in [0.15, 0.2) is 11.5 Å². The van der Waals surface area contributed by atoms with Crippen LogP contribution in [0.1, 0.15) is 18.5 Å². The van der Waals surface area contributed by atoms with Gasteiger partial charge in [-0.15, -0.1) is 0 Å². The van der Waals surface area contributed by atoms with E-state index in [1.165, 1.54) is 18.2 Å². The number of urea groups is 1. The molecule has 0 fully saturated rings. The molecule has 8 nitrogen and oxygen atoms in total. The van der Waals surface area contributed by atoms with Crippen LogP contribution in [0.3, 0.4) is 0 Å². The molecule has 3 rings (SSSR count). The molecule has 0 spiro atoms. The summed E-state index contributed by atoms with van der Waals surface area (Å²) < 4.78 is 11.0. The van der Waals surface area contributed by atoms with Gasteiger partial charge in [-0.1, -0.05) is 12.1 Å². The molecule has 0 saturated carbocycles. The first-order chi connectivity index (χ1) is 12.0. The van der Waals surface area contributed by atoms with Gasteiger partial charge in [0, 0.05) is 17.8 Å². The Morgan fingerprint density at radius 1 is 1.16 bits per heavy atom. The molecule has 2 aromatic carbocycles. The number of nitro benzene ring substituents is 1. The zero-order chi connectivity index (χ0) is 17.8. The molecule has 0 bridgehead atoms. The normalized spacial score (nSPS) is 13.6. The Kier molecular flexibility index (Phi) is 4.69. The van der Waals surface area contributed by atoms with Crippen LogP contribution in [0.4, 0.5) is 16.2 Å². The van der Waals surface area contributed by atoms with Crippen LogP contribution in [-0.4, -0.2) is 24.2 Å². The molecule has 8 heteroatoms. The molecule has 0 aliphatic carbocycles. The fraction of sp³-hybridized carbons (Fsp3) is 0.235. The molecule has 0 radical (unpaired) electrons. The van der Waals surface area contributed by atoms with E-state index in [4.69, 9.17) is 9.47 Å². The summed E-state index contributed by atoms with van der Waals surface area (Å²) >= 11 is 0. The SMILES string of the molecule is CC(NC(=O)Nc1cccc([N+](=O)[O-])c1)c1ccc2c(c1)OCCO2. The third kappa shape index (κ3) is 3.97. The van der Waals surface area contributed by atoms with Crippen LogP contribution in [0.2, 0.25) is 0 Å². The molecule has 2 amide bonds. The van der Waals surface area contributed by atoms with E-state index in [9.17, 15) is 14.9 Å². The number of hydrogen-bond acceptors (Lipinski definition) is 5. The van der Waals surface area contributed by atoms with Crippen molar-refractivity contribution >= 4 is 17.4 Å². The number of nitrogens with one attached hydrogen (secondary N) is 2. The third-order valence-corrected chi connectivity index (χ3v) is 3.73. The second-order valence-electron chi connectivity index (χ2n) is 5.53.